The molecule has 1 aliphatic rings. The van der Waals surface area contributed by atoms with Crippen LogP contribution in [0.25, 0.3) is 0 Å². The van der Waals surface area contributed by atoms with Crippen LogP contribution < -0.4 is 14.8 Å². The van der Waals surface area contributed by atoms with Crippen LogP contribution in [0.3, 0.4) is 0 Å². The first-order chi connectivity index (χ1) is 12.5. The zero-order chi connectivity index (χ0) is 18.7. The first-order valence-electron chi connectivity index (χ1n) is 8.47. The Labute approximate surface area is 158 Å². The number of methoxy groups -OCH3 is 2. The molecule has 0 bridgehead atoms. The normalized spacial score (nSPS) is 15.8. The first-order valence-corrected chi connectivity index (χ1v) is 8.87. The molecule has 0 aliphatic carbocycles. The van der Waals surface area contributed by atoms with Gasteiger partial charge in [0.2, 0.25) is 0 Å². The fourth-order valence-electron chi connectivity index (χ4n) is 3.25. The summed E-state index contributed by atoms with van der Waals surface area (Å²) in [6, 6.07) is 13.1. The number of amides is 1. The van der Waals surface area contributed by atoms with Gasteiger partial charge in [0.15, 0.2) is 16.6 Å². The van der Waals surface area contributed by atoms with Crippen LogP contribution >= 0.6 is 12.2 Å². The third-order valence-corrected chi connectivity index (χ3v) is 5.04. The smallest absolute Gasteiger partial charge is 0.257 e. The monoisotopic (exact) mass is 370 g/mol. The molecule has 0 aromatic heterocycles. The van der Waals surface area contributed by atoms with Gasteiger partial charge in [0.25, 0.3) is 5.91 Å². The predicted molar refractivity (Wildman–Crippen MR) is 105 cm³/mol. The molecule has 0 spiro atoms. The molecule has 2 aromatic carbocycles. The van der Waals surface area contributed by atoms with Crippen molar-refractivity contribution in [1.82, 2.24) is 10.2 Å². The predicted octanol–water partition coefficient (Wildman–Crippen LogP) is 3.34. The Hall–Kier alpha value is -2.60. The minimum Gasteiger partial charge on any atom is -0.493 e. The number of nitrogens with one attached hydrogen (secondary N) is 1. The van der Waals surface area contributed by atoms with Gasteiger partial charge in [0.05, 0.1) is 20.3 Å². The van der Waals surface area contributed by atoms with Crippen molar-refractivity contribution in [3.05, 3.63) is 59.2 Å². The molecule has 136 valence electrons. The van der Waals surface area contributed by atoms with Crippen molar-refractivity contribution in [1.29, 1.82) is 0 Å². The van der Waals surface area contributed by atoms with Gasteiger partial charge < -0.3 is 14.4 Å². The molecule has 1 amide bonds. The maximum atomic E-state index is 12.4. The van der Waals surface area contributed by atoms with E-state index >= 15 is 0 Å². The van der Waals surface area contributed by atoms with E-state index < -0.39 is 0 Å². The number of benzene rings is 2. The van der Waals surface area contributed by atoms with Crippen LogP contribution in [0.4, 0.5) is 0 Å². The molecule has 5 nitrogen and oxygen atoms in total. The summed E-state index contributed by atoms with van der Waals surface area (Å²) in [4.78, 5) is 14.4. The van der Waals surface area contributed by atoms with Gasteiger partial charge in [-0.1, -0.05) is 18.2 Å². The van der Waals surface area contributed by atoms with Crippen LogP contribution in [0.2, 0.25) is 0 Å². The first kappa shape index (κ1) is 18.2. The molecule has 6 heteroatoms. The van der Waals surface area contributed by atoms with Crippen LogP contribution in [-0.2, 0) is 6.42 Å². The summed E-state index contributed by atoms with van der Waals surface area (Å²) in [5, 5.41) is 3.28. The lowest BCUT2D eigenvalue weighted by atomic mass is 9.93. The van der Waals surface area contributed by atoms with Gasteiger partial charge in [-0.25, -0.2) is 0 Å². The molecule has 1 aliphatic heterocycles. The summed E-state index contributed by atoms with van der Waals surface area (Å²) in [7, 11) is 3.26. The van der Waals surface area contributed by atoms with E-state index in [-0.39, 0.29) is 11.9 Å². The second-order valence-electron chi connectivity index (χ2n) is 6.15. The van der Waals surface area contributed by atoms with Gasteiger partial charge in [0, 0.05) is 12.1 Å². The van der Waals surface area contributed by atoms with E-state index in [0.717, 1.165) is 24.3 Å². The average Bonchev–Trinajstić information content (AvgIpc) is 2.67. The Morgan fingerprint density at radius 3 is 2.46 bits per heavy atom. The number of hydrogen-bond donors (Lipinski definition) is 1. The van der Waals surface area contributed by atoms with E-state index in [1.165, 1.54) is 5.56 Å². The zero-order valence-corrected chi connectivity index (χ0v) is 15.9. The number of ether oxygens (including phenoxy) is 2. The molecule has 0 fully saturated rings. The minimum atomic E-state index is -0.194. The van der Waals surface area contributed by atoms with Gasteiger partial charge in [-0.15, -0.1) is 0 Å². The summed E-state index contributed by atoms with van der Waals surface area (Å²) < 4.78 is 10.8. The Morgan fingerprint density at radius 1 is 1.15 bits per heavy atom. The summed E-state index contributed by atoms with van der Waals surface area (Å²) in [5.41, 5.74) is 2.93. The number of hydrogen-bond acceptors (Lipinski definition) is 4. The van der Waals surface area contributed by atoms with Crippen molar-refractivity contribution in [3.8, 4) is 11.5 Å². The summed E-state index contributed by atoms with van der Waals surface area (Å²) in [6.07, 6.45) is 0.821. The molecule has 0 saturated heterocycles. The van der Waals surface area contributed by atoms with Gasteiger partial charge in [0.1, 0.15) is 0 Å². The maximum Gasteiger partial charge on any atom is 0.257 e. The lowest BCUT2D eigenvalue weighted by Gasteiger charge is -2.37. The van der Waals surface area contributed by atoms with Crippen LogP contribution in [0.5, 0.6) is 11.5 Å². The van der Waals surface area contributed by atoms with E-state index in [1.807, 2.05) is 35.2 Å². The van der Waals surface area contributed by atoms with Crippen LogP contribution in [0.15, 0.2) is 42.5 Å². The molecule has 1 heterocycles. The third kappa shape index (κ3) is 3.51. The summed E-state index contributed by atoms with van der Waals surface area (Å²) in [5.74, 6) is 1.23. The molecule has 1 atom stereocenters. The molecular weight excluding hydrogens is 348 g/mol. The molecule has 0 unspecified atom stereocenters. The number of fused-ring (bicyclic) bond motifs is 1. The highest BCUT2D eigenvalue weighted by Crippen LogP contribution is 2.37. The minimum absolute atomic E-state index is 0.0297. The number of thiocarbonyl (C=S) groups is 1. The molecule has 3 rings (SSSR count). The highest BCUT2D eigenvalue weighted by Gasteiger charge is 2.28. The zero-order valence-electron chi connectivity index (χ0n) is 15.1. The van der Waals surface area contributed by atoms with Gasteiger partial charge in [-0.3, -0.25) is 10.1 Å². The fourth-order valence-corrected chi connectivity index (χ4v) is 3.59. The van der Waals surface area contributed by atoms with Crippen molar-refractivity contribution >= 4 is 23.2 Å². The SMILES string of the molecule is COc1cc2c(cc1OC)[C@@H](C)N(C(=S)NC(=O)c1ccccc1)CC2. The van der Waals surface area contributed by atoms with E-state index in [2.05, 4.69) is 12.2 Å². The summed E-state index contributed by atoms with van der Waals surface area (Å²) >= 11 is 5.50. The van der Waals surface area contributed by atoms with E-state index in [1.54, 1.807) is 26.4 Å². The van der Waals surface area contributed by atoms with Crippen LogP contribution in [0.1, 0.15) is 34.5 Å². The standard InChI is InChI=1S/C20H22N2O3S/c1-13-16-12-18(25-3)17(24-2)11-15(16)9-10-22(13)20(26)21-19(23)14-7-5-4-6-8-14/h4-8,11-13H,9-10H2,1-3H3,(H,21,23,26)/t13-/m1/s1. The molecule has 0 saturated carbocycles. The Bertz CT molecular complexity index is 823. The van der Waals surface area contributed by atoms with E-state index in [0.29, 0.717) is 16.4 Å². The third-order valence-electron chi connectivity index (χ3n) is 4.70. The Balaban J connectivity index is 1.79. The largest absolute Gasteiger partial charge is 0.493 e. The maximum absolute atomic E-state index is 12.4. The highest BCUT2D eigenvalue weighted by atomic mass is 32.1. The fraction of sp³-hybridized carbons (Fsp3) is 0.300. The van der Waals surface area contributed by atoms with E-state index in [4.69, 9.17) is 21.7 Å². The van der Waals surface area contributed by atoms with Gasteiger partial charge in [-0.2, -0.15) is 0 Å². The second kappa shape index (κ2) is 7.74. The lowest BCUT2D eigenvalue weighted by Crippen LogP contribution is -2.46. The Morgan fingerprint density at radius 2 is 1.81 bits per heavy atom. The van der Waals surface area contributed by atoms with Gasteiger partial charge >= 0.3 is 0 Å². The van der Waals surface area contributed by atoms with Crippen LogP contribution in [-0.4, -0.2) is 36.7 Å². The molecule has 26 heavy (non-hydrogen) atoms. The van der Waals surface area contributed by atoms with Crippen molar-refractivity contribution in [3.63, 3.8) is 0 Å². The van der Waals surface area contributed by atoms with Crippen molar-refractivity contribution < 1.29 is 14.3 Å². The molecule has 1 N–H and O–H groups in total. The number of nitrogens with zero attached hydrogens (tertiary/aromatic N) is 1. The molecular formula is C20H22N2O3S. The second-order valence-corrected chi connectivity index (χ2v) is 6.54. The van der Waals surface area contributed by atoms with E-state index in [9.17, 15) is 4.79 Å². The van der Waals surface area contributed by atoms with Crippen molar-refractivity contribution in [2.24, 2.45) is 0 Å². The van der Waals surface area contributed by atoms with Crippen molar-refractivity contribution in [2.75, 3.05) is 20.8 Å². The average molecular weight is 370 g/mol. The van der Waals surface area contributed by atoms with Crippen LogP contribution in [0, 0.1) is 0 Å². The molecule has 0 radical (unpaired) electrons. The summed E-state index contributed by atoms with van der Waals surface area (Å²) in [6.45, 7) is 2.81. The van der Waals surface area contributed by atoms with Gasteiger partial charge in [-0.05, 0) is 61.0 Å². The number of carbonyl (C=O) groups is 1. The Kier molecular flexibility index (Phi) is 5.42. The highest BCUT2D eigenvalue weighted by molar-refractivity contribution is 7.80. The quantitative estimate of drug-likeness (QED) is 0.840. The topological polar surface area (TPSA) is 50.8 Å². The van der Waals surface area contributed by atoms with Crippen molar-refractivity contribution in [2.45, 2.75) is 19.4 Å². The number of rotatable bonds is 3. The number of carbonyl (C=O) groups excluding carboxylic acids is 1. The lowest BCUT2D eigenvalue weighted by molar-refractivity contribution is 0.0971. The molecule has 2 aromatic rings.